The van der Waals surface area contributed by atoms with E-state index in [0.717, 1.165) is 23.3 Å². The second-order valence-corrected chi connectivity index (χ2v) is 7.77. The Kier molecular flexibility index (Phi) is 5.69. The van der Waals surface area contributed by atoms with Crippen LogP contribution < -0.4 is 10.1 Å². The van der Waals surface area contributed by atoms with Gasteiger partial charge >= 0.3 is 0 Å². The maximum absolute atomic E-state index is 5.50. The molecular formula is C17H27BrN2O. The monoisotopic (exact) mass is 354 g/mol. The fraction of sp³-hybridized carbons (Fsp3) is 0.647. The molecule has 0 spiro atoms. The highest BCUT2D eigenvalue weighted by Crippen LogP contribution is 2.27. The maximum Gasteiger partial charge on any atom is 0.123 e. The molecular weight excluding hydrogens is 328 g/mol. The molecule has 1 fully saturated rings. The molecule has 21 heavy (non-hydrogen) atoms. The number of rotatable bonds is 5. The van der Waals surface area contributed by atoms with Crippen molar-refractivity contribution in [3.63, 3.8) is 0 Å². The molecule has 1 aliphatic rings. The van der Waals surface area contributed by atoms with Gasteiger partial charge in [-0.15, -0.1) is 0 Å². The van der Waals surface area contributed by atoms with Crippen LogP contribution in [0, 0.1) is 0 Å². The maximum atomic E-state index is 5.50. The molecule has 1 unspecified atom stereocenters. The summed E-state index contributed by atoms with van der Waals surface area (Å²) in [5.41, 5.74) is 1.44. The van der Waals surface area contributed by atoms with Crippen molar-refractivity contribution in [2.45, 2.75) is 51.7 Å². The Morgan fingerprint density at radius 1 is 1.38 bits per heavy atom. The van der Waals surface area contributed by atoms with Gasteiger partial charge in [-0.05, 0) is 58.4 Å². The Balaban J connectivity index is 2.02. The molecule has 3 nitrogen and oxygen atoms in total. The quantitative estimate of drug-likeness (QED) is 0.869. The van der Waals surface area contributed by atoms with E-state index in [2.05, 4.69) is 53.0 Å². The van der Waals surface area contributed by atoms with Gasteiger partial charge in [0, 0.05) is 34.7 Å². The Hall–Kier alpha value is -0.580. The van der Waals surface area contributed by atoms with Gasteiger partial charge in [0.15, 0.2) is 0 Å². The van der Waals surface area contributed by atoms with Gasteiger partial charge in [0.1, 0.15) is 5.75 Å². The summed E-state index contributed by atoms with van der Waals surface area (Å²) in [6, 6.07) is 6.86. The first-order valence-corrected chi connectivity index (χ1v) is 8.50. The van der Waals surface area contributed by atoms with Crippen molar-refractivity contribution in [1.29, 1.82) is 0 Å². The molecule has 0 saturated carbocycles. The Morgan fingerprint density at radius 3 is 2.81 bits per heavy atom. The zero-order valence-corrected chi connectivity index (χ0v) is 15.2. The van der Waals surface area contributed by atoms with Crippen molar-refractivity contribution in [2.24, 2.45) is 0 Å². The lowest BCUT2D eigenvalue weighted by atomic mass is 10.1. The largest absolute Gasteiger partial charge is 0.496 e. The summed E-state index contributed by atoms with van der Waals surface area (Å²) in [7, 11) is 1.75. The summed E-state index contributed by atoms with van der Waals surface area (Å²) in [4.78, 5) is 2.57. The van der Waals surface area contributed by atoms with Crippen LogP contribution in [0.3, 0.4) is 0 Å². The molecule has 4 heteroatoms. The predicted octanol–water partition coefficient (Wildman–Crippen LogP) is 3.81. The van der Waals surface area contributed by atoms with Gasteiger partial charge in [-0.3, -0.25) is 4.90 Å². The number of hydrogen-bond donors (Lipinski definition) is 1. The van der Waals surface area contributed by atoms with E-state index >= 15 is 0 Å². The molecule has 2 rings (SSSR count). The van der Waals surface area contributed by atoms with E-state index in [-0.39, 0.29) is 5.54 Å². The van der Waals surface area contributed by atoms with Gasteiger partial charge in [0.05, 0.1) is 7.11 Å². The first-order valence-electron chi connectivity index (χ1n) is 7.70. The van der Waals surface area contributed by atoms with E-state index in [1.165, 1.54) is 24.9 Å². The van der Waals surface area contributed by atoms with Crippen LogP contribution in [0.2, 0.25) is 0 Å². The molecule has 1 aromatic carbocycles. The number of hydrogen-bond acceptors (Lipinski definition) is 3. The number of benzene rings is 1. The minimum absolute atomic E-state index is 0.182. The lowest BCUT2D eigenvalue weighted by Crippen LogP contribution is -2.45. The lowest BCUT2D eigenvalue weighted by Gasteiger charge is -2.29. The van der Waals surface area contributed by atoms with Crippen LogP contribution in [0.4, 0.5) is 0 Å². The smallest absolute Gasteiger partial charge is 0.123 e. The summed E-state index contributed by atoms with van der Waals surface area (Å²) in [5.74, 6) is 0.979. The molecule has 1 aromatic rings. The number of halogens is 1. The van der Waals surface area contributed by atoms with Gasteiger partial charge in [0.25, 0.3) is 0 Å². The number of nitrogens with one attached hydrogen (secondary N) is 1. The fourth-order valence-corrected chi connectivity index (χ4v) is 3.26. The average molecular weight is 355 g/mol. The second kappa shape index (κ2) is 7.12. The highest BCUT2D eigenvalue weighted by molar-refractivity contribution is 9.10. The van der Waals surface area contributed by atoms with Crippen molar-refractivity contribution < 1.29 is 4.74 Å². The van der Waals surface area contributed by atoms with E-state index in [1.54, 1.807) is 7.11 Å². The van der Waals surface area contributed by atoms with Gasteiger partial charge in [-0.25, -0.2) is 0 Å². The molecule has 118 valence electrons. The van der Waals surface area contributed by atoms with Crippen molar-refractivity contribution in [1.82, 2.24) is 10.2 Å². The molecule has 1 N–H and O–H groups in total. The van der Waals surface area contributed by atoms with E-state index < -0.39 is 0 Å². The minimum Gasteiger partial charge on any atom is -0.496 e. The molecule has 1 atom stereocenters. The van der Waals surface area contributed by atoms with Crippen LogP contribution in [-0.4, -0.2) is 36.7 Å². The average Bonchev–Trinajstić information content (AvgIpc) is 2.83. The highest BCUT2D eigenvalue weighted by Gasteiger charge is 2.26. The van der Waals surface area contributed by atoms with E-state index in [4.69, 9.17) is 4.74 Å². The summed E-state index contributed by atoms with van der Waals surface area (Å²) in [6.45, 7) is 9.86. The van der Waals surface area contributed by atoms with Crippen LogP contribution in [-0.2, 0) is 6.54 Å². The zero-order valence-electron chi connectivity index (χ0n) is 13.6. The summed E-state index contributed by atoms with van der Waals surface area (Å²) in [6.07, 6.45) is 2.56. The normalized spacial score (nSPS) is 20.0. The summed E-state index contributed by atoms with van der Waals surface area (Å²) < 4.78 is 6.61. The SMILES string of the molecule is COc1ccc(Br)cc1CN1CCCC1CNC(C)(C)C. The van der Waals surface area contributed by atoms with Gasteiger partial charge in [0.2, 0.25) is 0 Å². The number of likely N-dealkylation sites (tertiary alicyclic amines) is 1. The molecule has 0 aromatic heterocycles. The Labute approximate surface area is 137 Å². The van der Waals surface area contributed by atoms with Crippen molar-refractivity contribution in [2.75, 3.05) is 20.2 Å². The molecule has 0 bridgehead atoms. The first-order chi connectivity index (χ1) is 9.89. The van der Waals surface area contributed by atoms with Crippen LogP contribution in [0.1, 0.15) is 39.2 Å². The van der Waals surface area contributed by atoms with E-state index in [0.29, 0.717) is 6.04 Å². The zero-order chi connectivity index (χ0) is 15.5. The van der Waals surface area contributed by atoms with Crippen molar-refractivity contribution in [3.8, 4) is 5.75 Å². The molecule has 0 aliphatic carbocycles. The van der Waals surface area contributed by atoms with Gasteiger partial charge in [-0.2, -0.15) is 0 Å². The molecule has 0 amide bonds. The second-order valence-electron chi connectivity index (χ2n) is 6.85. The number of methoxy groups -OCH3 is 1. The van der Waals surface area contributed by atoms with Gasteiger partial charge in [-0.1, -0.05) is 15.9 Å². The Bertz CT molecular complexity index is 470. The summed E-state index contributed by atoms with van der Waals surface area (Å²) in [5, 5.41) is 3.64. The molecule has 1 saturated heterocycles. The third-order valence-electron chi connectivity index (χ3n) is 3.98. The van der Waals surface area contributed by atoms with E-state index in [1.807, 2.05) is 12.1 Å². The van der Waals surface area contributed by atoms with Crippen molar-refractivity contribution in [3.05, 3.63) is 28.2 Å². The summed E-state index contributed by atoms with van der Waals surface area (Å²) >= 11 is 3.56. The van der Waals surface area contributed by atoms with Crippen LogP contribution in [0.5, 0.6) is 5.75 Å². The third-order valence-corrected chi connectivity index (χ3v) is 4.48. The number of ether oxygens (including phenoxy) is 1. The van der Waals surface area contributed by atoms with Crippen LogP contribution >= 0.6 is 15.9 Å². The first kappa shape index (κ1) is 16.8. The fourth-order valence-electron chi connectivity index (χ4n) is 2.85. The predicted molar refractivity (Wildman–Crippen MR) is 91.9 cm³/mol. The van der Waals surface area contributed by atoms with Gasteiger partial charge < -0.3 is 10.1 Å². The van der Waals surface area contributed by atoms with Crippen LogP contribution in [0.15, 0.2) is 22.7 Å². The number of nitrogens with zero attached hydrogens (tertiary/aromatic N) is 1. The molecule has 1 aliphatic heterocycles. The topological polar surface area (TPSA) is 24.5 Å². The van der Waals surface area contributed by atoms with E-state index in [9.17, 15) is 0 Å². The highest BCUT2D eigenvalue weighted by atomic mass is 79.9. The molecule has 0 radical (unpaired) electrons. The van der Waals surface area contributed by atoms with Crippen molar-refractivity contribution >= 4 is 15.9 Å². The minimum atomic E-state index is 0.182. The molecule has 1 heterocycles. The lowest BCUT2D eigenvalue weighted by molar-refractivity contribution is 0.223. The third kappa shape index (κ3) is 4.97. The van der Waals surface area contributed by atoms with Crippen LogP contribution in [0.25, 0.3) is 0 Å². The standard InChI is InChI=1S/C17H27BrN2O/c1-17(2,3)19-11-15-6-5-9-20(15)12-13-10-14(18)7-8-16(13)21-4/h7-8,10,15,19H,5-6,9,11-12H2,1-4H3. The Morgan fingerprint density at radius 2 is 2.14 bits per heavy atom.